The van der Waals surface area contributed by atoms with E-state index < -0.39 is 0 Å². The largest absolute Gasteiger partial charge is 0.508 e. The van der Waals surface area contributed by atoms with E-state index in [1.807, 2.05) is 13.0 Å². The highest BCUT2D eigenvalue weighted by Crippen LogP contribution is 2.41. The maximum atomic E-state index is 9.89. The van der Waals surface area contributed by atoms with Gasteiger partial charge in [-0.2, -0.15) is 0 Å². The highest BCUT2D eigenvalue weighted by molar-refractivity contribution is 5.47. The molecular formula is C22H28O3. The Balaban J connectivity index is 1.96. The van der Waals surface area contributed by atoms with Gasteiger partial charge in [-0.3, -0.25) is 0 Å². The third kappa shape index (κ3) is 3.52. The first-order chi connectivity index (χ1) is 12.0. The molecule has 1 fully saturated rings. The van der Waals surface area contributed by atoms with Gasteiger partial charge in [0.15, 0.2) is 0 Å². The topological polar surface area (TPSA) is 42.0 Å². The Bertz CT molecular complexity index is 743. The van der Waals surface area contributed by atoms with Crippen molar-refractivity contribution in [2.24, 2.45) is 0 Å². The van der Waals surface area contributed by atoms with Crippen LogP contribution in [0.2, 0.25) is 0 Å². The summed E-state index contributed by atoms with van der Waals surface area (Å²) in [6.45, 7) is 9.96. The first-order valence-electron chi connectivity index (χ1n) is 9.15. The zero-order chi connectivity index (χ0) is 18.0. The van der Waals surface area contributed by atoms with Crippen LogP contribution in [0.1, 0.15) is 48.9 Å². The van der Waals surface area contributed by atoms with Gasteiger partial charge in [0.05, 0.1) is 6.61 Å². The summed E-state index contributed by atoms with van der Waals surface area (Å²) in [5.74, 6) is 1.29. The maximum absolute atomic E-state index is 9.89. The smallest absolute Gasteiger partial charge is 0.122 e. The van der Waals surface area contributed by atoms with Gasteiger partial charge < -0.3 is 14.6 Å². The van der Waals surface area contributed by atoms with Gasteiger partial charge in [0, 0.05) is 5.41 Å². The van der Waals surface area contributed by atoms with Gasteiger partial charge in [-0.1, -0.05) is 38.1 Å². The molecule has 0 aliphatic carbocycles. The van der Waals surface area contributed by atoms with Crippen LogP contribution in [0.25, 0.3) is 0 Å². The molecule has 25 heavy (non-hydrogen) atoms. The second kappa shape index (κ2) is 7.09. The quantitative estimate of drug-likeness (QED) is 0.730. The summed E-state index contributed by atoms with van der Waals surface area (Å²) in [5, 5.41) is 9.89. The minimum Gasteiger partial charge on any atom is -0.508 e. The number of hydrogen-bond acceptors (Lipinski definition) is 3. The van der Waals surface area contributed by atoms with E-state index in [0.29, 0.717) is 12.4 Å². The number of hydrogen-bond donors (Lipinski definition) is 1. The predicted molar refractivity (Wildman–Crippen MR) is 101 cm³/mol. The average Bonchev–Trinajstić information content (AvgIpc) is 3.43. The molecule has 2 aromatic carbocycles. The van der Waals surface area contributed by atoms with E-state index >= 15 is 0 Å². The fraction of sp³-hybridized carbons (Fsp3) is 0.455. The molecule has 0 bridgehead atoms. The predicted octanol–water partition coefficient (Wildman–Crippen LogP) is 4.89. The monoisotopic (exact) mass is 340 g/mol. The Kier molecular flexibility index (Phi) is 5.05. The zero-order valence-corrected chi connectivity index (χ0v) is 15.6. The van der Waals surface area contributed by atoms with Crippen LogP contribution in [0.4, 0.5) is 0 Å². The number of aryl methyl sites for hydroxylation is 2. The van der Waals surface area contributed by atoms with Crippen molar-refractivity contribution in [1.29, 1.82) is 0 Å². The summed E-state index contributed by atoms with van der Waals surface area (Å²) in [4.78, 5) is 0. The van der Waals surface area contributed by atoms with E-state index in [1.165, 1.54) is 11.1 Å². The Morgan fingerprint density at radius 2 is 1.64 bits per heavy atom. The molecule has 1 N–H and O–H groups in total. The van der Waals surface area contributed by atoms with Crippen LogP contribution in [0.5, 0.6) is 11.5 Å². The highest BCUT2D eigenvalue weighted by Gasteiger charge is 2.31. The Labute approximate surface area is 150 Å². The lowest BCUT2D eigenvalue weighted by Crippen LogP contribution is -2.26. The molecule has 0 aromatic heterocycles. The molecule has 1 aliphatic rings. The van der Waals surface area contributed by atoms with Crippen LogP contribution >= 0.6 is 0 Å². The van der Waals surface area contributed by atoms with E-state index in [0.717, 1.165) is 36.3 Å². The molecule has 1 aliphatic heterocycles. The number of rotatable bonds is 7. The molecule has 0 saturated carbocycles. The van der Waals surface area contributed by atoms with E-state index in [2.05, 4.69) is 51.1 Å². The van der Waals surface area contributed by atoms with E-state index in [4.69, 9.17) is 9.47 Å². The Morgan fingerprint density at radius 3 is 2.16 bits per heavy atom. The normalized spacial score (nSPS) is 16.7. The van der Waals surface area contributed by atoms with Crippen molar-refractivity contribution in [3.8, 4) is 11.5 Å². The van der Waals surface area contributed by atoms with Crippen molar-refractivity contribution in [3.63, 3.8) is 0 Å². The molecule has 0 spiro atoms. The van der Waals surface area contributed by atoms with Crippen molar-refractivity contribution in [3.05, 3.63) is 58.7 Å². The third-order valence-corrected chi connectivity index (χ3v) is 5.51. The first kappa shape index (κ1) is 17.8. The highest BCUT2D eigenvalue weighted by atomic mass is 16.6. The van der Waals surface area contributed by atoms with Gasteiger partial charge >= 0.3 is 0 Å². The number of aromatic hydroxyl groups is 1. The minimum atomic E-state index is -0.0542. The van der Waals surface area contributed by atoms with Crippen molar-refractivity contribution >= 4 is 0 Å². The van der Waals surface area contributed by atoms with Gasteiger partial charge in [-0.15, -0.1) is 0 Å². The Morgan fingerprint density at radius 1 is 1.04 bits per heavy atom. The molecular weight excluding hydrogens is 312 g/mol. The lowest BCUT2D eigenvalue weighted by Gasteiger charge is -2.34. The van der Waals surface area contributed by atoms with Crippen molar-refractivity contribution in [2.75, 3.05) is 13.2 Å². The summed E-state index contributed by atoms with van der Waals surface area (Å²) >= 11 is 0. The maximum Gasteiger partial charge on any atom is 0.122 e. The van der Waals surface area contributed by atoms with E-state index in [1.54, 1.807) is 0 Å². The fourth-order valence-electron chi connectivity index (χ4n) is 3.64. The fourth-order valence-corrected chi connectivity index (χ4v) is 3.64. The van der Waals surface area contributed by atoms with Crippen LogP contribution in [-0.4, -0.2) is 24.4 Å². The number of benzene rings is 2. The minimum absolute atomic E-state index is 0.0542. The van der Waals surface area contributed by atoms with Crippen molar-refractivity contribution in [2.45, 2.75) is 52.1 Å². The summed E-state index contributed by atoms with van der Waals surface area (Å²) in [7, 11) is 0. The average molecular weight is 340 g/mol. The molecule has 3 heteroatoms. The van der Waals surface area contributed by atoms with Gasteiger partial charge in [-0.25, -0.2) is 0 Å². The molecule has 0 amide bonds. The lowest BCUT2D eigenvalue weighted by molar-refractivity contribution is 0.261. The zero-order valence-electron chi connectivity index (χ0n) is 15.6. The third-order valence-electron chi connectivity index (χ3n) is 5.51. The first-order valence-corrected chi connectivity index (χ1v) is 9.15. The van der Waals surface area contributed by atoms with Crippen molar-refractivity contribution < 1.29 is 14.6 Å². The summed E-state index contributed by atoms with van der Waals surface area (Å²) in [5.41, 5.74) is 4.58. The standard InChI is InChI=1S/C22H28O3/c1-5-22(6-2,17-7-9-20(23)15(3)11-17)18-8-10-21(16(4)12-18)25-14-19-13-24-19/h7-12,19,23H,5-6,13-14H2,1-4H3. The second-order valence-corrected chi connectivity index (χ2v) is 7.04. The molecule has 0 radical (unpaired) electrons. The van der Waals surface area contributed by atoms with Gasteiger partial charge in [0.2, 0.25) is 0 Å². The molecule has 2 aromatic rings. The lowest BCUT2D eigenvalue weighted by atomic mass is 9.70. The number of phenols is 1. The number of epoxide rings is 1. The summed E-state index contributed by atoms with van der Waals surface area (Å²) in [6, 6.07) is 12.5. The molecule has 1 saturated heterocycles. The number of phenolic OH excluding ortho intramolecular Hbond substituents is 1. The molecule has 1 heterocycles. The number of ether oxygens (including phenoxy) is 2. The molecule has 1 atom stereocenters. The van der Waals surface area contributed by atoms with Crippen LogP contribution in [-0.2, 0) is 10.2 Å². The molecule has 3 nitrogen and oxygen atoms in total. The van der Waals surface area contributed by atoms with Crippen LogP contribution in [0, 0.1) is 13.8 Å². The Hall–Kier alpha value is -2.00. The van der Waals surface area contributed by atoms with Crippen LogP contribution in [0.15, 0.2) is 36.4 Å². The summed E-state index contributed by atoms with van der Waals surface area (Å²) < 4.78 is 11.1. The van der Waals surface area contributed by atoms with E-state index in [9.17, 15) is 5.11 Å². The molecule has 1 unspecified atom stereocenters. The van der Waals surface area contributed by atoms with Crippen LogP contribution in [0.3, 0.4) is 0 Å². The van der Waals surface area contributed by atoms with Gasteiger partial charge in [-0.05, 0) is 61.1 Å². The SMILES string of the molecule is CCC(CC)(c1ccc(O)c(C)c1)c1ccc(OCC2CO2)c(C)c1. The van der Waals surface area contributed by atoms with E-state index in [-0.39, 0.29) is 11.5 Å². The second-order valence-electron chi connectivity index (χ2n) is 7.04. The molecule has 3 rings (SSSR count). The van der Waals surface area contributed by atoms with Gasteiger partial charge in [0.25, 0.3) is 0 Å². The molecule has 134 valence electrons. The summed E-state index contributed by atoms with van der Waals surface area (Å²) in [6.07, 6.45) is 2.27. The van der Waals surface area contributed by atoms with Gasteiger partial charge in [0.1, 0.15) is 24.2 Å². The van der Waals surface area contributed by atoms with Crippen molar-refractivity contribution in [1.82, 2.24) is 0 Å². The van der Waals surface area contributed by atoms with Crippen LogP contribution < -0.4 is 4.74 Å².